The Kier molecular flexibility index (Phi) is 4.41. The molecule has 0 aliphatic carbocycles. The number of nitrogens with zero attached hydrogens (tertiary/aromatic N) is 1. The first-order valence-electron chi connectivity index (χ1n) is 6.17. The molecule has 0 amide bonds. The second-order valence-electron chi connectivity index (χ2n) is 4.15. The van der Waals surface area contributed by atoms with Crippen LogP contribution < -0.4 is 9.47 Å². The van der Waals surface area contributed by atoms with E-state index in [1.54, 1.807) is 32.4 Å². The normalized spacial score (nSPS) is 10.8. The number of methoxy groups -OCH3 is 2. The van der Waals surface area contributed by atoms with E-state index in [9.17, 15) is 5.26 Å². The highest BCUT2D eigenvalue weighted by Crippen LogP contribution is 2.30. The standard InChI is InChI=1S/C17H15NO2/c1-19-15-8-9-17(20-2)16(11-15)14(12-18)10-13-6-4-3-5-7-13/h3-11H,1-2H3. The van der Waals surface area contributed by atoms with Gasteiger partial charge in [0.15, 0.2) is 0 Å². The van der Waals surface area contributed by atoms with Crippen molar-refractivity contribution in [2.45, 2.75) is 0 Å². The molecule has 2 aromatic rings. The van der Waals surface area contributed by atoms with Crippen LogP contribution >= 0.6 is 0 Å². The van der Waals surface area contributed by atoms with E-state index in [2.05, 4.69) is 6.07 Å². The summed E-state index contributed by atoms with van der Waals surface area (Å²) in [5.41, 5.74) is 2.22. The van der Waals surface area contributed by atoms with E-state index in [0.717, 1.165) is 11.1 Å². The Morgan fingerprint density at radius 3 is 2.40 bits per heavy atom. The Labute approximate surface area is 118 Å². The fourth-order valence-corrected chi connectivity index (χ4v) is 1.91. The topological polar surface area (TPSA) is 42.2 Å². The maximum absolute atomic E-state index is 9.41. The SMILES string of the molecule is COc1ccc(OC)c(C(C#N)=Cc2ccccc2)c1. The Bertz CT molecular complexity index is 654. The molecule has 3 nitrogen and oxygen atoms in total. The molecule has 0 unspecified atom stereocenters. The number of rotatable bonds is 4. The second-order valence-corrected chi connectivity index (χ2v) is 4.15. The van der Waals surface area contributed by atoms with Gasteiger partial charge in [-0.2, -0.15) is 5.26 Å². The van der Waals surface area contributed by atoms with Gasteiger partial charge in [0.05, 0.1) is 25.9 Å². The summed E-state index contributed by atoms with van der Waals surface area (Å²) in [5, 5.41) is 9.41. The minimum atomic E-state index is 0.534. The summed E-state index contributed by atoms with van der Waals surface area (Å²) in [6.07, 6.45) is 1.83. The molecule has 0 saturated carbocycles. The number of ether oxygens (including phenoxy) is 2. The van der Waals surface area contributed by atoms with Crippen molar-refractivity contribution in [3.63, 3.8) is 0 Å². The van der Waals surface area contributed by atoms with Crippen molar-refractivity contribution >= 4 is 11.6 Å². The van der Waals surface area contributed by atoms with Crippen molar-refractivity contribution in [2.75, 3.05) is 14.2 Å². The maximum atomic E-state index is 9.41. The van der Waals surface area contributed by atoms with Crippen LogP contribution in [0.2, 0.25) is 0 Å². The zero-order valence-corrected chi connectivity index (χ0v) is 11.5. The lowest BCUT2D eigenvalue weighted by molar-refractivity contribution is 0.402. The van der Waals surface area contributed by atoms with Gasteiger partial charge in [0, 0.05) is 5.56 Å². The van der Waals surface area contributed by atoms with Crippen LogP contribution in [0.4, 0.5) is 0 Å². The number of nitriles is 1. The van der Waals surface area contributed by atoms with Crippen molar-refractivity contribution < 1.29 is 9.47 Å². The Balaban J connectivity index is 2.52. The number of benzene rings is 2. The van der Waals surface area contributed by atoms with Gasteiger partial charge in [-0.25, -0.2) is 0 Å². The van der Waals surface area contributed by atoms with Gasteiger partial charge in [0.2, 0.25) is 0 Å². The third kappa shape index (κ3) is 2.99. The van der Waals surface area contributed by atoms with Gasteiger partial charge in [0.1, 0.15) is 11.5 Å². The highest BCUT2D eigenvalue weighted by Gasteiger charge is 2.10. The molecule has 0 N–H and O–H groups in total. The van der Waals surface area contributed by atoms with Crippen molar-refractivity contribution in [2.24, 2.45) is 0 Å². The van der Waals surface area contributed by atoms with Crippen LogP contribution in [-0.2, 0) is 0 Å². The molecule has 0 aromatic heterocycles. The first-order valence-corrected chi connectivity index (χ1v) is 6.17. The average molecular weight is 265 g/mol. The smallest absolute Gasteiger partial charge is 0.127 e. The first-order chi connectivity index (χ1) is 9.78. The molecule has 0 bridgehead atoms. The molecular formula is C17H15NO2. The molecule has 0 fully saturated rings. The van der Waals surface area contributed by atoms with Crippen molar-refractivity contribution in [1.82, 2.24) is 0 Å². The molecule has 20 heavy (non-hydrogen) atoms. The van der Waals surface area contributed by atoms with E-state index in [1.807, 2.05) is 36.4 Å². The molecule has 0 radical (unpaired) electrons. The Morgan fingerprint density at radius 1 is 1.05 bits per heavy atom. The van der Waals surface area contributed by atoms with Gasteiger partial charge in [-0.1, -0.05) is 30.3 Å². The van der Waals surface area contributed by atoms with Crippen LogP contribution in [0.1, 0.15) is 11.1 Å². The summed E-state index contributed by atoms with van der Waals surface area (Å²) in [4.78, 5) is 0. The van der Waals surface area contributed by atoms with E-state index in [0.29, 0.717) is 17.1 Å². The van der Waals surface area contributed by atoms with Crippen molar-refractivity contribution in [1.29, 1.82) is 5.26 Å². The van der Waals surface area contributed by atoms with Crippen molar-refractivity contribution in [3.05, 3.63) is 59.7 Å². The zero-order valence-electron chi connectivity index (χ0n) is 11.5. The molecule has 0 saturated heterocycles. The highest BCUT2D eigenvalue weighted by molar-refractivity contribution is 5.92. The van der Waals surface area contributed by atoms with Crippen LogP contribution in [0, 0.1) is 11.3 Å². The summed E-state index contributed by atoms with van der Waals surface area (Å²) >= 11 is 0. The summed E-state index contributed by atoms with van der Waals surface area (Å²) in [5.74, 6) is 1.34. The minimum Gasteiger partial charge on any atom is -0.497 e. The van der Waals surface area contributed by atoms with Crippen LogP contribution in [0.5, 0.6) is 11.5 Å². The molecule has 0 heterocycles. The molecule has 3 heteroatoms. The largest absolute Gasteiger partial charge is 0.497 e. The fourth-order valence-electron chi connectivity index (χ4n) is 1.91. The molecule has 100 valence electrons. The molecule has 0 aliphatic rings. The Morgan fingerprint density at radius 2 is 1.80 bits per heavy atom. The number of hydrogen-bond donors (Lipinski definition) is 0. The van der Waals surface area contributed by atoms with Gasteiger partial charge < -0.3 is 9.47 Å². The first kappa shape index (κ1) is 13.7. The predicted molar refractivity (Wildman–Crippen MR) is 79.5 cm³/mol. The van der Waals surface area contributed by atoms with E-state index >= 15 is 0 Å². The van der Waals surface area contributed by atoms with E-state index in [-0.39, 0.29) is 0 Å². The van der Waals surface area contributed by atoms with Crippen molar-refractivity contribution in [3.8, 4) is 17.6 Å². The third-order valence-electron chi connectivity index (χ3n) is 2.93. The lowest BCUT2D eigenvalue weighted by atomic mass is 10.0. The summed E-state index contributed by atoms with van der Waals surface area (Å²) in [6.45, 7) is 0. The van der Waals surface area contributed by atoms with Gasteiger partial charge in [-0.05, 0) is 29.8 Å². The van der Waals surface area contributed by atoms with Crippen LogP contribution in [0.3, 0.4) is 0 Å². The van der Waals surface area contributed by atoms with Crippen LogP contribution in [0.15, 0.2) is 48.5 Å². The lowest BCUT2D eigenvalue weighted by Gasteiger charge is -2.09. The fraction of sp³-hybridized carbons (Fsp3) is 0.118. The monoisotopic (exact) mass is 265 g/mol. The average Bonchev–Trinajstić information content (AvgIpc) is 2.53. The van der Waals surface area contributed by atoms with Gasteiger partial charge in [0.25, 0.3) is 0 Å². The molecule has 0 aliphatic heterocycles. The predicted octanol–water partition coefficient (Wildman–Crippen LogP) is 3.77. The van der Waals surface area contributed by atoms with Gasteiger partial charge >= 0.3 is 0 Å². The summed E-state index contributed by atoms with van der Waals surface area (Å²) in [7, 11) is 3.18. The van der Waals surface area contributed by atoms with E-state index < -0.39 is 0 Å². The number of allylic oxidation sites excluding steroid dienone is 1. The lowest BCUT2D eigenvalue weighted by Crippen LogP contribution is -1.92. The number of hydrogen-bond acceptors (Lipinski definition) is 3. The molecule has 2 rings (SSSR count). The summed E-state index contributed by atoms with van der Waals surface area (Å²) < 4.78 is 10.5. The zero-order chi connectivity index (χ0) is 14.4. The third-order valence-corrected chi connectivity index (χ3v) is 2.93. The van der Waals surface area contributed by atoms with Gasteiger partial charge in [-0.15, -0.1) is 0 Å². The molecule has 0 spiro atoms. The van der Waals surface area contributed by atoms with Crippen LogP contribution in [-0.4, -0.2) is 14.2 Å². The van der Waals surface area contributed by atoms with Crippen LogP contribution in [0.25, 0.3) is 11.6 Å². The summed E-state index contributed by atoms with van der Waals surface area (Å²) in [6, 6.07) is 17.3. The van der Waals surface area contributed by atoms with Gasteiger partial charge in [-0.3, -0.25) is 0 Å². The van der Waals surface area contributed by atoms with E-state index in [4.69, 9.17) is 9.47 Å². The quantitative estimate of drug-likeness (QED) is 0.624. The molecule has 0 atom stereocenters. The maximum Gasteiger partial charge on any atom is 0.127 e. The molecule has 2 aromatic carbocycles. The highest BCUT2D eigenvalue weighted by atomic mass is 16.5. The van der Waals surface area contributed by atoms with E-state index in [1.165, 1.54) is 0 Å². The minimum absolute atomic E-state index is 0.534. The Hall–Kier alpha value is -2.73. The molecular weight excluding hydrogens is 250 g/mol. The second kappa shape index (κ2) is 6.44.